The third-order valence-corrected chi connectivity index (χ3v) is 7.39. The largest absolute Gasteiger partial charge is 0.419 e. The monoisotopic (exact) mass is 499 g/mol. The second-order valence-electron chi connectivity index (χ2n) is 8.12. The zero-order valence-electron chi connectivity index (χ0n) is 18.2. The van der Waals surface area contributed by atoms with Crippen molar-refractivity contribution in [2.75, 3.05) is 34.8 Å². The van der Waals surface area contributed by atoms with E-state index in [2.05, 4.69) is 20.5 Å². The number of nitrogens with one attached hydrogen (secondary N) is 2. The highest BCUT2D eigenvalue weighted by molar-refractivity contribution is 7.91. The lowest BCUT2D eigenvalue weighted by Crippen LogP contribution is -2.42. The molecular weight excluding hydrogens is 478 g/mol. The number of hydrogen-bond acceptors (Lipinski definition) is 7. The molecule has 0 spiro atoms. The minimum Gasteiger partial charge on any atom is -0.365 e. The normalized spacial score (nSPS) is 17.1. The van der Waals surface area contributed by atoms with Crippen LogP contribution in [-0.4, -0.2) is 48.2 Å². The van der Waals surface area contributed by atoms with E-state index in [1.54, 1.807) is 11.8 Å². The molecule has 4 rings (SSSR count). The molecule has 0 radical (unpaired) electrons. The molecule has 0 saturated carbocycles. The fraction of sp³-hybridized carbons (Fsp3) is 0.381. The Labute approximate surface area is 191 Å². The quantitative estimate of drug-likeness (QED) is 0.531. The summed E-state index contributed by atoms with van der Waals surface area (Å²) < 4.78 is 77.5. The minimum atomic E-state index is -4.84. The van der Waals surface area contributed by atoms with Crippen LogP contribution in [0.5, 0.6) is 0 Å². The fourth-order valence-corrected chi connectivity index (χ4v) is 5.10. The lowest BCUT2D eigenvalue weighted by atomic mass is 10.0. The summed E-state index contributed by atoms with van der Waals surface area (Å²) in [5, 5.41) is 11.4. The third kappa shape index (κ3) is 4.56. The standard InChI is InChI=1S/C21H21F4N5O3S/c1-11(13-4-3-5-15(17(13)22)21(23,24)25)26-19-14-10-16(30-6-8-34(32,33)9-7-30)20(31)27-18(14)12(2)28-29-19/h3-5,10-11H,6-9H2,1-2H3,(H,26,29)(H,27,31)/t11-/m1/s1. The molecule has 0 aliphatic carbocycles. The maximum Gasteiger partial charge on any atom is 0.419 e. The van der Waals surface area contributed by atoms with E-state index in [0.717, 1.165) is 6.07 Å². The average molecular weight is 499 g/mol. The Hall–Kier alpha value is -3.22. The van der Waals surface area contributed by atoms with Gasteiger partial charge in [-0.1, -0.05) is 12.1 Å². The van der Waals surface area contributed by atoms with Crippen molar-refractivity contribution in [1.82, 2.24) is 15.2 Å². The number of anilines is 2. The van der Waals surface area contributed by atoms with Gasteiger partial charge in [-0.2, -0.15) is 18.3 Å². The Kier molecular flexibility index (Phi) is 6.00. The maximum absolute atomic E-state index is 14.6. The van der Waals surface area contributed by atoms with Gasteiger partial charge in [0.2, 0.25) is 0 Å². The molecule has 1 aromatic carbocycles. The number of sulfone groups is 1. The zero-order valence-corrected chi connectivity index (χ0v) is 19.0. The number of aromatic amines is 1. The topological polar surface area (TPSA) is 108 Å². The lowest BCUT2D eigenvalue weighted by Gasteiger charge is -2.28. The SMILES string of the molecule is Cc1nnc(N[C@H](C)c2cccc(C(F)(F)F)c2F)c2cc(N3CCS(=O)(=O)CC3)c(=O)[nH]c12. The van der Waals surface area contributed by atoms with Crippen LogP contribution in [0.15, 0.2) is 29.1 Å². The van der Waals surface area contributed by atoms with Gasteiger partial charge >= 0.3 is 6.18 Å². The number of nitrogens with zero attached hydrogens (tertiary/aromatic N) is 3. The predicted octanol–water partition coefficient (Wildman–Crippen LogP) is 3.19. The molecule has 8 nitrogen and oxygen atoms in total. The van der Waals surface area contributed by atoms with Gasteiger partial charge in [0.15, 0.2) is 15.7 Å². The summed E-state index contributed by atoms with van der Waals surface area (Å²) in [6.45, 7) is 3.39. The van der Waals surface area contributed by atoms with Gasteiger partial charge in [0.25, 0.3) is 5.56 Å². The highest BCUT2D eigenvalue weighted by Gasteiger charge is 2.35. The summed E-state index contributed by atoms with van der Waals surface area (Å²) >= 11 is 0. The van der Waals surface area contributed by atoms with Gasteiger partial charge in [-0.25, -0.2) is 12.8 Å². The molecule has 34 heavy (non-hydrogen) atoms. The Morgan fingerprint density at radius 1 is 1.18 bits per heavy atom. The first-order valence-electron chi connectivity index (χ1n) is 10.4. The Morgan fingerprint density at radius 3 is 2.50 bits per heavy atom. The van der Waals surface area contributed by atoms with Gasteiger partial charge < -0.3 is 15.2 Å². The molecule has 2 aromatic heterocycles. The molecule has 1 fully saturated rings. The van der Waals surface area contributed by atoms with Crippen LogP contribution < -0.4 is 15.8 Å². The highest BCUT2D eigenvalue weighted by atomic mass is 32.2. The average Bonchev–Trinajstić information content (AvgIpc) is 2.75. The molecular formula is C21H21F4N5O3S. The highest BCUT2D eigenvalue weighted by Crippen LogP contribution is 2.35. The van der Waals surface area contributed by atoms with Crippen LogP contribution in [0, 0.1) is 12.7 Å². The van der Waals surface area contributed by atoms with Crippen molar-refractivity contribution in [1.29, 1.82) is 0 Å². The molecule has 1 aliphatic rings. The minimum absolute atomic E-state index is 0.0882. The number of aromatic nitrogens is 3. The fourth-order valence-electron chi connectivity index (χ4n) is 3.90. The van der Waals surface area contributed by atoms with Crippen molar-refractivity contribution in [3.8, 4) is 0 Å². The number of fused-ring (bicyclic) bond motifs is 1. The van der Waals surface area contributed by atoms with Crippen LogP contribution in [0.3, 0.4) is 0 Å². The van der Waals surface area contributed by atoms with Crippen molar-refractivity contribution in [2.45, 2.75) is 26.1 Å². The van der Waals surface area contributed by atoms with E-state index in [9.17, 15) is 30.8 Å². The lowest BCUT2D eigenvalue weighted by molar-refractivity contribution is -0.140. The first-order valence-corrected chi connectivity index (χ1v) is 12.2. The summed E-state index contributed by atoms with van der Waals surface area (Å²) in [5.41, 5.74) is -1.03. The Bertz CT molecular complexity index is 1410. The number of alkyl halides is 3. The third-order valence-electron chi connectivity index (χ3n) is 5.78. The summed E-state index contributed by atoms with van der Waals surface area (Å²) in [5.74, 6) is -1.43. The maximum atomic E-state index is 14.6. The molecule has 1 aliphatic heterocycles. The number of hydrogen-bond donors (Lipinski definition) is 2. The first-order chi connectivity index (χ1) is 15.9. The van der Waals surface area contributed by atoms with Crippen molar-refractivity contribution in [2.24, 2.45) is 0 Å². The molecule has 2 N–H and O–H groups in total. The molecule has 0 unspecified atom stereocenters. The summed E-state index contributed by atoms with van der Waals surface area (Å²) in [6.07, 6.45) is -4.84. The van der Waals surface area contributed by atoms with E-state index in [1.807, 2.05) is 0 Å². The molecule has 3 aromatic rings. The number of rotatable bonds is 4. The zero-order chi connectivity index (χ0) is 24.8. The second-order valence-corrected chi connectivity index (χ2v) is 10.4. The van der Waals surface area contributed by atoms with Crippen LogP contribution in [0.25, 0.3) is 10.9 Å². The number of H-pyrrole nitrogens is 1. The Morgan fingerprint density at radius 2 is 1.85 bits per heavy atom. The van der Waals surface area contributed by atoms with E-state index in [4.69, 9.17) is 0 Å². The van der Waals surface area contributed by atoms with Crippen molar-refractivity contribution >= 4 is 32.2 Å². The van der Waals surface area contributed by atoms with Gasteiger partial charge in [0.05, 0.1) is 34.3 Å². The van der Waals surface area contributed by atoms with Crippen LogP contribution in [0.2, 0.25) is 0 Å². The molecule has 0 amide bonds. The second kappa shape index (κ2) is 8.53. The molecule has 1 atom stereocenters. The summed E-state index contributed by atoms with van der Waals surface area (Å²) in [7, 11) is -3.16. The van der Waals surface area contributed by atoms with E-state index >= 15 is 0 Å². The van der Waals surface area contributed by atoms with Gasteiger partial charge in [0, 0.05) is 24.0 Å². The number of pyridine rings is 1. The molecule has 0 bridgehead atoms. The van der Waals surface area contributed by atoms with Crippen LogP contribution in [0.4, 0.5) is 29.1 Å². The van der Waals surface area contributed by atoms with Crippen molar-refractivity contribution < 1.29 is 26.0 Å². The predicted molar refractivity (Wildman–Crippen MR) is 119 cm³/mol. The van der Waals surface area contributed by atoms with Gasteiger partial charge in [-0.3, -0.25) is 4.79 Å². The van der Waals surface area contributed by atoms with Gasteiger partial charge in [0.1, 0.15) is 11.5 Å². The molecule has 13 heteroatoms. The summed E-state index contributed by atoms with van der Waals surface area (Å²) in [6, 6.07) is 3.65. The Balaban J connectivity index is 1.74. The number of halogens is 4. The van der Waals surface area contributed by atoms with E-state index in [-0.39, 0.29) is 41.7 Å². The van der Waals surface area contributed by atoms with E-state index in [1.165, 1.54) is 19.1 Å². The molecule has 3 heterocycles. The molecule has 1 saturated heterocycles. The van der Waals surface area contributed by atoms with E-state index < -0.39 is 39.0 Å². The van der Waals surface area contributed by atoms with Crippen LogP contribution in [-0.2, 0) is 16.0 Å². The van der Waals surface area contributed by atoms with Gasteiger partial charge in [-0.15, -0.1) is 5.10 Å². The van der Waals surface area contributed by atoms with Crippen LogP contribution in [0.1, 0.15) is 29.8 Å². The first kappa shape index (κ1) is 23.9. The number of benzene rings is 1. The summed E-state index contributed by atoms with van der Waals surface area (Å²) in [4.78, 5) is 17.1. The van der Waals surface area contributed by atoms with Crippen molar-refractivity contribution in [3.63, 3.8) is 0 Å². The molecule has 182 valence electrons. The smallest absolute Gasteiger partial charge is 0.365 e. The van der Waals surface area contributed by atoms with E-state index in [0.29, 0.717) is 22.7 Å². The van der Waals surface area contributed by atoms with Gasteiger partial charge in [-0.05, 0) is 26.0 Å². The number of aryl methyl sites for hydroxylation is 1. The van der Waals surface area contributed by atoms with Crippen molar-refractivity contribution in [3.05, 3.63) is 57.3 Å². The van der Waals surface area contributed by atoms with Crippen LogP contribution >= 0.6 is 0 Å².